The van der Waals surface area contributed by atoms with Gasteiger partial charge in [-0.3, -0.25) is 0 Å². The van der Waals surface area contributed by atoms with Crippen LogP contribution in [-0.2, 0) is 11.2 Å². The molecule has 0 spiro atoms. The van der Waals surface area contributed by atoms with Gasteiger partial charge in [-0.25, -0.2) is 14.8 Å². The van der Waals surface area contributed by atoms with Gasteiger partial charge >= 0.3 is 5.97 Å². The van der Waals surface area contributed by atoms with E-state index in [1.807, 2.05) is 25.1 Å². The largest absolute Gasteiger partial charge is 0.462 e. The second-order valence-electron chi connectivity index (χ2n) is 5.29. The Kier molecular flexibility index (Phi) is 4.10. The van der Waals surface area contributed by atoms with Crippen LogP contribution in [0.3, 0.4) is 0 Å². The summed E-state index contributed by atoms with van der Waals surface area (Å²) in [6.07, 6.45) is 3.84. The van der Waals surface area contributed by atoms with Crippen molar-refractivity contribution in [1.29, 1.82) is 0 Å². The third kappa shape index (κ3) is 2.95. The second kappa shape index (κ2) is 6.20. The molecule has 1 aromatic carbocycles. The summed E-state index contributed by atoms with van der Waals surface area (Å²) in [7, 11) is 0. The molecule has 3 rings (SSSR count). The van der Waals surface area contributed by atoms with Gasteiger partial charge in [0, 0.05) is 29.8 Å². The number of fused-ring (bicyclic) bond motifs is 1. The van der Waals surface area contributed by atoms with Crippen molar-refractivity contribution < 1.29 is 13.9 Å². The van der Waals surface area contributed by atoms with Gasteiger partial charge in [0.2, 0.25) is 0 Å². The molecule has 0 fully saturated rings. The Bertz CT molecular complexity index is 851. The number of rotatable bonds is 4. The van der Waals surface area contributed by atoms with E-state index in [1.165, 1.54) is 12.4 Å². The first-order chi connectivity index (χ1) is 11.1. The topological polar surface area (TPSA) is 65.2 Å². The Morgan fingerprint density at radius 1 is 1.17 bits per heavy atom. The van der Waals surface area contributed by atoms with Crippen LogP contribution in [-0.4, -0.2) is 22.5 Å². The van der Waals surface area contributed by atoms with Crippen LogP contribution in [0.15, 0.2) is 35.0 Å². The van der Waals surface area contributed by atoms with Gasteiger partial charge in [0.15, 0.2) is 5.82 Å². The quantitative estimate of drug-likeness (QED) is 0.683. The molecule has 3 aromatic rings. The molecule has 0 amide bonds. The molecule has 0 saturated heterocycles. The molecule has 2 heterocycles. The molecule has 2 aromatic heterocycles. The van der Waals surface area contributed by atoms with Gasteiger partial charge in [0.05, 0.1) is 12.2 Å². The third-order valence-corrected chi connectivity index (χ3v) is 3.62. The summed E-state index contributed by atoms with van der Waals surface area (Å²) in [6.45, 7) is 6.16. The normalized spacial score (nSPS) is 10.9. The van der Waals surface area contributed by atoms with E-state index in [0.717, 1.165) is 34.3 Å². The molecule has 118 valence electrons. The Balaban J connectivity index is 1.98. The lowest BCUT2D eigenvalue weighted by Gasteiger charge is -2.04. The van der Waals surface area contributed by atoms with Crippen LogP contribution in [0.2, 0.25) is 0 Å². The van der Waals surface area contributed by atoms with Gasteiger partial charge in [-0.15, -0.1) is 0 Å². The van der Waals surface area contributed by atoms with E-state index in [-0.39, 0.29) is 0 Å². The standard InChI is InChI=1S/C18H18N2O3/c1-4-15-8-12-7-13(6-11(3)16(12)23-15)17-19-9-14(10-20-17)18(21)22-5-2/h6-10H,4-5H2,1-3H3. The van der Waals surface area contributed by atoms with Gasteiger partial charge in [-0.1, -0.05) is 6.92 Å². The maximum absolute atomic E-state index is 11.6. The molecule has 0 aliphatic heterocycles. The van der Waals surface area contributed by atoms with E-state index < -0.39 is 5.97 Å². The second-order valence-corrected chi connectivity index (χ2v) is 5.29. The third-order valence-electron chi connectivity index (χ3n) is 3.62. The number of esters is 1. The van der Waals surface area contributed by atoms with E-state index >= 15 is 0 Å². The first kappa shape index (κ1) is 15.2. The van der Waals surface area contributed by atoms with E-state index in [1.54, 1.807) is 6.92 Å². The molecular weight excluding hydrogens is 292 g/mol. The molecule has 23 heavy (non-hydrogen) atoms. The summed E-state index contributed by atoms with van der Waals surface area (Å²) in [4.78, 5) is 20.2. The Morgan fingerprint density at radius 2 is 1.91 bits per heavy atom. The van der Waals surface area contributed by atoms with Crippen LogP contribution in [0.1, 0.15) is 35.5 Å². The first-order valence-corrected chi connectivity index (χ1v) is 7.65. The summed E-state index contributed by atoms with van der Waals surface area (Å²) < 4.78 is 10.7. The first-order valence-electron chi connectivity index (χ1n) is 7.65. The minimum Gasteiger partial charge on any atom is -0.462 e. The average Bonchev–Trinajstić information content (AvgIpc) is 2.99. The summed E-state index contributed by atoms with van der Waals surface area (Å²) >= 11 is 0. The fraction of sp³-hybridized carbons (Fsp3) is 0.278. The Hall–Kier alpha value is -2.69. The number of aryl methyl sites for hydroxylation is 2. The van der Waals surface area contributed by atoms with Crippen LogP contribution in [0.5, 0.6) is 0 Å². The molecular formula is C18H18N2O3. The Labute approximate surface area is 134 Å². The lowest BCUT2D eigenvalue weighted by Crippen LogP contribution is -2.06. The zero-order valence-electron chi connectivity index (χ0n) is 13.4. The van der Waals surface area contributed by atoms with Crippen LogP contribution in [0, 0.1) is 6.92 Å². The summed E-state index contributed by atoms with van der Waals surface area (Å²) in [5.74, 6) is 1.12. The van der Waals surface area contributed by atoms with Crippen LogP contribution >= 0.6 is 0 Å². The molecule has 5 heteroatoms. The summed E-state index contributed by atoms with van der Waals surface area (Å²) in [5, 5.41) is 1.04. The molecule has 0 N–H and O–H groups in total. The number of hydrogen-bond acceptors (Lipinski definition) is 5. The van der Waals surface area contributed by atoms with E-state index in [2.05, 4.69) is 16.9 Å². The summed E-state index contributed by atoms with van der Waals surface area (Å²) in [5.41, 5.74) is 3.18. The fourth-order valence-electron chi connectivity index (χ4n) is 2.48. The van der Waals surface area contributed by atoms with Crippen molar-refractivity contribution >= 4 is 16.9 Å². The van der Waals surface area contributed by atoms with Crippen molar-refractivity contribution in [2.45, 2.75) is 27.2 Å². The van der Waals surface area contributed by atoms with Crippen molar-refractivity contribution in [3.63, 3.8) is 0 Å². The molecule has 0 aliphatic carbocycles. The predicted molar refractivity (Wildman–Crippen MR) is 87.3 cm³/mol. The minimum atomic E-state index is -0.409. The molecule has 0 atom stereocenters. The van der Waals surface area contributed by atoms with E-state index in [0.29, 0.717) is 18.0 Å². The summed E-state index contributed by atoms with van der Waals surface area (Å²) in [6, 6.07) is 6.04. The van der Waals surface area contributed by atoms with Gasteiger partial charge < -0.3 is 9.15 Å². The van der Waals surface area contributed by atoms with Crippen molar-refractivity contribution in [3.05, 3.63) is 47.5 Å². The smallest absolute Gasteiger partial charge is 0.341 e. The van der Waals surface area contributed by atoms with E-state index in [4.69, 9.17) is 9.15 Å². The highest BCUT2D eigenvalue weighted by Crippen LogP contribution is 2.28. The maximum atomic E-state index is 11.6. The number of ether oxygens (including phenoxy) is 1. The fourth-order valence-corrected chi connectivity index (χ4v) is 2.48. The van der Waals surface area contributed by atoms with Gasteiger partial charge in [0.25, 0.3) is 0 Å². The van der Waals surface area contributed by atoms with Crippen LogP contribution < -0.4 is 0 Å². The lowest BCUT2D eigenvalue weighted by atomic mass is 10.1. The SMILES string of the molecule is CCOC(=O)c1cnc(-c2cc(C)c3oc(CC)cc3c2)nc1. The van der Waals surface area contributed by atoms with Gasteiger partial charge in [0.1, 0.15) is 11.3 Å². The maximum Gasteiger partial charge on any atom is 0.341 e. The number of benzene rings is 1. The van der Waals surface area contributed by atoms with Crippen LogP contribution in [0.4, 0.5) is 0 Å². The van der Waals surface area contributed by atoms with E-state index in [9.17, 15) is 4.79 Å². The zero-order chi connectivity index (χ0) is 16.4. The van der Waals surface area contributed by atoms with Crippen molar-refractivity contribution in [3.8, 4) is 11.4 Å². The molecule has 5 nitrogen and oxygen atoms in total. The Morgan fingerprint density at radius 3 is 2.57 bits per heavy atom. The van der Waals surface area contributed by atoms with Gasteiger partial charge in [-0.2, -0.15) is 0 Å². The predicted octanol–water partition coefficient (Wildman–Crippen LogP) is 3.94. The highest BCUT2D eigenvalue weighted by molar-refractivity contribution is 5.89. The molecule has 0 bridgehead atoms. The van der Waals surface area contributed by atoms with Crippen molar-refractivity contribution in [2.75, 3.05) is 6.61 Å². The number of carbonyl (C=O) groups is 1. The van der Waals surface area contributed by atoms with Crippen LogP contribution in [0.25, 0.3) is 22.4 Å². The number of aromatic nitrogens is 2. The molecule has 0 unspecified atom stereocenters. The number of hydrogen-bond donors (Lipinski definition) is 0. The molecule has 0 saturated carbocycles. The zero-order valence-corrected chi connectivity index (χ0v) is 13.4. The van der Waals surface area contributed by atoms with Crippen molar-refractivity contribution in [2.24, 2.45) is 0 Å². The van der Waals surface area contributed by atoms with Gasteiger partial charge in [-0.05, 0) is 37.6 Å². The minimum absolute atomic E-state index is 0.330. The average molecular weight is 310 g/mol. The lowest BCUT2D eigenvalue weighted by molar-refractivity contribution is 0.0525. The highest BCUT2D eigenvalue weighted by atomic mass is 16.5. The molecule has 0 radical (unpaired) electrons. The number of nitrogens with zero attached hydrogens (tertiary/aromatic N) is 2. The monoisotopic (exact) mass is 310 g/mol. The highest BCUT2D eigenvalue weighted by Gasteiger charge is 2.12. The number of furan rings is 1. The molecule has 0 aliphatic rings. The number of carbonyl (C=O) groups excluding carboxylic acids is 1. The van der Waals surface area contributed by atoms with Crippen molar-refractivity contribution in [1.82, 2.24) is 9.97 Å².